The standard InChI is InChI=1S/C19H16F3NO3/c20-19(21,22)15(11-13-7-3-1-4-8-13)17(24)23-16(12-26-18(23)25)14-9-5-2-6-10-14/h1-10,15-16H,11-12H2/t15-,16+/m1/s1. The Balaban J connectivity index is 1.90. The quantitative estimate of drug-likeness (QED) is 0.821. The Hall–Kier alpha value is -2.83. The second-order valence-electron chi connectivity index (χ2n) is 6.00. The zero-order chi connectivity index (χ0) is 18.7. The van der Waals surface area contributed by atoms with Gasteiger partial charge in [0.2, 0.25) is 5.91 Å². The zero-order valence-electron chi connectivity index (χ0n) is 13.6. The summed E-state index contributed by atoms with van der Waals surface area (Å²) >= 11 is 0. The first-order chi connectivity index (χ1) is 12.4. The lowest BCUT2D eigenvalue weighted by molar-refractivity contribution is -0.187. The van der Waals surface area contributed by atoms with E-state index in [0.717, 1.165) is 0 Å². The minimum Gasteiger partial charge on any atom is -0.446 e. The van der Waals surface area contributed by atoms with Crippen LogP contribution in [0, 0.1) is 5.92 Å². The lowest BCUT2D eigenvalue weighted by Crippen LogP contribution is -2.45. The summed E-state index contributed by atoms with van der Waals surface area (Å²) in [4.78, 5) is 25.3. The van der Waals surface area contributed by atoms with Gasteiger partial charge in [0.05, 0.1) is 0 Å². The second kappa shape index (κ2) is 7.19. The molecule has 1 aliphatic heterocycles. The summed E-state index contributed by atoms with van der Waals surface area (Å²) in [5.74, 6) is -3.61. The van der Waals surface area contributed by atoms with E-state index in [2.05, 4.69) is 0 Å². The topological polar surface area (TPSA) is 46.6 Å². The molecule has 0 radical (unpaired) electrons. The maximum absolute atomic E-state index is 13.6. The van der Waals surface area contributed by atoms with E-state index in [9.17, 15) is 22.8 Å². The van der Waals surface area contributed by atoms with Crippen molar-refractivity contribution in [2.75, 3.05) is 6.61 Å². The van der Waals surface area contributed by atoms with Gasteiger partial charge in [0.25, 0.3) is 0 Å². The zero-order valence-corrected chi connectivity index (χ0v) is 13.6. The molecule has 3 rings (SSSR count). The molecule has 2 aromatic rings. The van der Waals surface area contributed by atoms with Gasteiger partial charge in [-0.15, -0.1) is 0 Å². The van der Waals surface area contributed by atoms with Gasteiger partial charge in [0, 0.05) is 0 Å². The number of carbonyl (C=O) groups excluding carboxylic acids is 2. The van der Waals surface area contributed by atoms with E-state index >= 15 is 0 Å². The van der Waals surface area contributed by atoms with Gasteiger partial charge in [0.1, 0.15) is 18.6 Å². The smallest absolute Gasteiger partial charge is 0.417 e. The van der Waals surface area contributed by atoms with Crippen LogP contribution in [0.1, 0.15) is 17.2 Å². The van der Waals surface area contributed by atoms with Crippen LogP contribution in [0.15, 0.2) is 60.7 Å². The van der Waals surface area contributed by atoms with Crippen molar-refractivity contribution in [3.05, 3.63) is 71.8 Å². The Bertz CT molecular complexity index is 778. The minimum atomic E-state index is -4.78. The van der Waals surface area contributed by atoms with E-state index in [0.29, 0.717) is 16.0 Å². The number of alkyl halides is 3. The summed E-state index contributed by atoms with van der Waals surface area (Å²) < 4.78 is 45.6. The van der Waals surface area contributed by atoms with Gasteiger partial charge >= 0.3 is 12.3 Å². The number of cyclic esters (lactones) is 1. The van der Waals surface area contributed by atoms with Crippen molar-refractivity contribution in [2.24, 2.45) is 5.92 Å². The summed E-state index contributed by atoms with van der Waals surface area (Å²) in [6.07, 6.45) is -6.36. The average Bonchev–Trinajstić information content (AvgIpc) is 3.01. The largest absolute Gasteiger partial charge is 0.446 e. The first-order valence-electron chi connectivity index (χ1n) is 8.03. The Morgan fingerprint density at radius 1 is 1.08 bits per heavy atom. The fourth-order valence-electron chi connectivity index (χ4n) is 2.95. The van der Waals surface area contributed by atoms with Crippen LogP contribution in [0.25, 0.3) is 0 Å². The van der Waals surface area contributed by atoms with Gasteiger partial charge in [-0.05, 0) is 17.5 Å². The highest BCUT2D eigenvalue weighted by molar-refractivity contribution is 5.95. The lowest BCUT2D eigenvalue weighted by atomic mass is 9.96. The number of hydrogen-bond donors (Lipinski definition) is 0. The summed E-state index contributed by atoms with van der Waals surface area (Å²) in [5, 5.41) is 0. The molecule has 1 saturated heterocycles. The van der Waals surface area contributed by atoms with Crippen LogP contribution in [0.5, 0.6) is 0 Å². The maximum Gasteiger partial charge on any atom is 0.417 e. The van der Waals surface area contributed by atoms with Gasteiger partial charge in [-0.3, -0.25) is 4.79 Å². The van der Waals surface area contributed by atoms with Gasteiger partial charge in [-0.25, -0.2) is 9.69 Å². The van der Waals surface area contributed by atoms with E-state index < -0.39 is 36.6 Å². The first kappa shape index (κ1) is 18.0. The molecule has 0 aromatic heterocycles. The molecule has 0 unspecified atom stereocenters. The molecule has 4 nitrogen and oxygen atoms in total. The summed E-state index contributed by atoms with van der Waals surface area (Å²) in [6.45, 7) is -0.162. The third kappa shape index (κ3) is 3.71. The van der Waals surface area contributed by atoms with Gasteiger partial charge < -0.3 is 4.74 Å². The first-order valence-corrected chi connectivity index (χ1v) is 8.03. The Kier molecular flexibility index (Phi) is 4.97. The maximum atomic E-state index is 13.6. The van der Waals surface area contributed by atoms with E-state index in [4.69, 9.17) is 4.74 Å². The highest BCUT2D eigenvalue weighted by Gasteiger charge is 2.51. The molecule has 0 bridgehead atoms. The SMILES string of the molecule is O=C1OC[C@@H](c2ccccc2)N1C(=O)[C@@H](Cc1ccccc1)C(F)(F)F. The van der Waals surface area contributed by atoms with Crippen LogP contribution in [0.4, 0.5) is 18.0 Å². The molecule has 1 fully saturated rings. The number of rotatable bonds is 4. The number of imide groups is 1. The second-order valence-corrected chi connectivity index (χ2v) is 6.00. The molecular formula is C19H16F3NO3. The van der Waals surface area contributed by atoms with E-state index in [1.54, 1.807) is 48.5 Å². The molecule has 2 atom stereocenters. The molecule has 0 saturated carbocycles. The molecular weight excluding hydrogens is 347 g/mol. The Labute approximate surface area is 148 Å². The van der Waals surface area contributed by atoms with Crippen LogP contribution in [-0.4, -0.2) is 29.7 Å². The van der Waals surface area contributed by atoms with E-state index in [1.165, 1.54) is 12.1 Å². The third-order valence-electron chi connectivity index (χ3n) is 4.27. The van der Waals surface area contributed by atoms with Crippen molar-refractivity contribution in [3.8, 4) is 0 Å². The number of carbonyl (C=O) groups is 2. The molecule has 1 heterocycles. The van der Waals surface area contributed by atoms with Gasteiger partial charge in [-0.2, -0.15) is 13.2 Å². The molecule has 1 aliphatic rings. The van der Waals surface area contributed by atoms with E-state index in [1.807, 2.05) is 0 Å². The van der Waals surface area contributed by atoms with Crippen molar-refractivity contribution in [1.29, 1.82) is 0 Å². The molecule has 0 aliphatic carbocycles. The molecule has 7 heteroatoms. The number of hydrogen-bond acceptors (Lipinski definition) is 3. The van der Waals surface area contributed by atoms with Crippen molar-refractivity contribution in [3.63, 3.8) is 0 Å². The summed E-state index contributed by atoms with van der Waals surface area (Å²) in [5.41, 5.74) is 0.916. The van der Waals surface area contributed by atoms with Crippen molar-refractivity contribution in [2.45, 2.75) is 18.6 Å². The number of nitrogens with zero attached hydrogens (tertiary/aromatic N) is 1. The summed E-state index contributed by atoms with van der Waals surface area (Å²) in [7, 11) is 0. The molecule has 136 valence electrons. The monoisotopic (exact) mass is 363 g/mol. The molecule has 26 heavy (non-hydrogen) atoms. The lowest BCUT2D eigenvalue weighted by Gasteiger charge is -2.26. The number of benzene rings is 2. The molecule has 2 amide bonds. The molecule has 0 N–H and O–H groups in total. The number of ether oxygens (including phenoxy) is 1. The molecule has 0 spiro atoms. The average molecular weight is 363 g/mol. The molecule has 2 aromatic carbocycles. The van der Waals surface area contributed by atoms with Crippen LogP contribution >= 0.6 is 0 Å². The number of halogens is 3. The van der Waals surface area contributed by atoms with Crippen LogP contribution < -0.4 is 0 Å². The Morgan fingerprint density at radius 2 is 1.65 bits per heavy atom. The van der Waals surface area contributed by atoms with Crippen molar-refractivity contribution < 1.29 is 27.5 Å². The Morgan fingerprint density at radius 3 is 2.23 bits per heavy atom. The highest BCUT2D eigenvalue weighted by Crippen LogP contribution is 2.36. The number of amides is 2. The van der Waals surface area contributed by atoms with Crippen LogP contribution in [-0.2, 0) is 16.0 Å². The van der Waals surface area contributed by atoms with Gasteiger partial charge in [0.15, 0.2) is 0 Å². The highest BCUT2D eigenvalue weighted by atomic mass is 19.4. The van der Waals surface area contributed by atoms with Crippen LogP contribution in [0.2, 0.25) is 0 Å². The normalized spacial score (nSPS) is 18.5. The van der Waals surface area contributed by atoms with E-state index in [-0.39, 0.29) is 6.61 Å². The third-order valence-corrected chi connectivity index (χ3v) is 4.27. The van der Waals surface area contributed by atoms with Crippen molar-refractivity contribution >= 4 is 12.0 Å². The summed E-state index contributed by atoms with van der Waals surface area (Å²) in [6, 6.07) is 15.5. The van der Waals surface area contributed by atoms with Crippen molar-refractivity contribution in [1.82, 2.24) is 4.90 Å². The fraction of sp³-hybridized carbons (Fsp3) is 0.263. The predicted molar refractivity (Wildman–Crippen MR) is 87.1 cm³/mol. The predicted octanol–water partition coefficient (Wildman–Crippen LogP) is 4.13. The fourth-order valence-corrected chi connectivity index (χ4v) is 2.95. The van der Waals surface area contributed by atoms with Crippen LogP contribution in [0.3, 0.4) is 0 Å². The van der Waals surface area contributed by atoms with Gasteiger partial charge in [-0.1, -0.05) is 60.7 Å². The minimum absolute atomic E-state index is 0.162.